The first kappa shape index (κ1) is 10.5. The average molecular weight is 227 g/mol. The molecule has 1 fully saturated rings. The van der Waals surface area contributed by atoms with Gasteiger partial charge in [-0.2, -0.15) is 0 Å². The monoisotopic (exact) mass is 227 g/mol. The summed E-state index contributed by atoms with van der Waals surface area (Å²) in [6.45, 7) is 2.23. The lowest BCUT2D eigenvalue weighted by molar-refractivity contribution is 0.454. The van der Waals surface area contributed by atoms with E-state index in [1.165, 1.54) is 18.5 Å². The van der Waals surface area contributed by atoms with Gasteiger partial charge in [-0.25, -0.2) is 4.98 Å². The Labute approximate surface area is 101 Å². The Kier molecular flexibility index (Phi) is 2.92. The van der Waals surface area contributed by atoms with Gasteiger partial charge >= 0.3 is 0 Å². The molecule has 3 nitrogen and oxygen atoms in total. The number of benzene rings is 1. The zero-order chi connectivity index (χ0) is 11.5. The number of imidazole rings is 1. The van der Waals surface area contributed by atoms with Crippen LogP contribution in [0.3, 0.4) is 0 Å². The number of piperidine rings is 1. The molecule has 3 rings (SSSR count). The van der Waals surface area contributed by atoms with Gasteiger partial charge in [-0.3, -0.25) is 0 Å². The summed E-state index contributed by atoms with van der Waals surface area (Å²) in [6, 6.07) is 10.3. The van der Waals surface area contributed by atoms with Crippen molar-refractivity contribution >= 4 is 0 Å². The van der Waals surface area contributed by atoms with E-state index in [9.17, 15) is 0 Å². The van der Waals surface area contributed by atoms with E-state index >= 15 is 0 Å². The second-order valence-electron chi connectivity index (χ2n) is 4.58. The maximum atomic E-state index is 4.49. The minimum atomic E-state index is 0.640. The number of hydrogen-bond acceptors (Lipinski definition) is 2. The number of hydrogen-bond donors (Lipinski definition) is 2. The third-order valence-electron chi connectivity index (χ3n) is 3.42. The molecule has 17 heavy (non-hydrogen) atoms. The van der Waals surface area contributed by atoms with Crippen LogP contribution < -0.4 is 5.32 Å². The molecule has 2 N–H and O–H groups in total. The van der Waals surface area contributed by atoms with Crippen LogP contribution in [-0.4, -0.2) is 23.1 Å². The quantitative estimate of drug-likeness (QED) is 0.827. The van der Waals surface area contributed by atoms with E-state index in [0.29, 0.717) is 5.92 Å². The fourth-order valence-electron chi connectivity index (χ4n) is 2.42. The fourth-order valence-corrected chi connectivity index (χ4v) is 2.42. The minimum Gasteiger partial charge on any atom is -0.342 e. The average Bonchev–Trinajstić information content (AvgIpc) is 2.90. The molecule has 1 saturated heterocycles. The van der Waals surface area contributed by atoms with Crippen molar-refractivity contribution in [2.75, 3.05) is 13.1 Å². The first-order valence-electron chi connectivity index (χ1n) is 6.24. The van der Waals surface area contributed by atoms with Crippen LogP contribution in [0.4, 0.5) is 0 Å². The number of H-pyrrole nitrogens is 1. The molecule has 1 aromatic heterocycles. The van der Waals surface area contributed by atoms with Crippen molar-refractivity contribution < 1.29 is 0 Å². The Morgan fingerprint density at radius 1 is 1.06 bits per heavy atom. The van der Waals surface area contributed by atoms with Gasteiger partial charge in [-0.05, 0) is 25.9 Å². The maximum absolute atomic E-state index is 4.49. The molecule has 0 aliphatic carbocycles. The van der Waals surface area contributed by atoms with Gasteiger partial charge in [0.2, 0.25) is 0 Å². The maximum Gasteiger partial charge on any atom is 0.137 e. The molecule has 0 atom stereocenters. The Bertz CT molecular complexity index is 469. The second-order valence-corrected chi connectivity index (χ2v) is 4.58. The Balaban J connectivity index is 1.83. The summed E-state index contributed by atoms with van der Waals surface area (Å²) in [5, 5.41) is 3.39. The summed E-state index contributed by atoms with van der Waals surface area (Å²) in [7, 11) is 0. The topological polar surface area (TPSA) is 40.7 Å². The van der Waals surface area contributed by atoms with Crippen LogP contribution in [-0.2, 0) is 0 Å². The lowest BCUT2D eigenvalue weighted by atomic mass is 9.95. The molecule has 3 heteroatoms. The first-order valence-corrected chi connectivity index (χ1v) is 6.24. The molecular formula is C14H17N3. The van der Waals surface area contributed by atoms with E-state index in [1.807, 2.05) is 24.4 Å². The van der Waals surface area contributed by atoms with Crippen molar-refractivity contribution in [3.8, 4) is 11.4 Å². The van der Waals surface area contributed by atoms with Gasteiger partial charge in [-0.1, -0.05) is 30.3 Å². The highest BCUT2D eigenvalue weighted by Gasteiger charge is 2.17. The molecule has 1 aromatic carbocycles. The lowest BCUT2D eigenvalue weighted by Gasteiger charge is -2.21. The zero-order valence-corrected chi connectivity index (χ0v) is 9.82. The number of nitrogens with one attached hydrogen (secondary N) is 2. The second kappa shape index (κ2) is 4.72. The molecular weight excluding hydrogens is 210 g/mol. The summed E-state index contributed by atoms with van der Waals surface area (Å²) in [6.07, 6.45) is 4.41. The zero-order valence-electron chi connectivity index (χ0n) is 9.82. The Morgan fingerprint density at radius 2 is 1.82 bits per heavy atom. The van der Waals surface area contributed by atoms with Crippen LogP contribution in [0, 0.1) is 0 Å². The van der Waals surface area contributed by atoms with Crippen molar-refractivity contribution in [2.45, 2.75) is 18.8 Å². The molecule has 2 aromatic rings. The van der Waals surface area contributed by atoms with Crippen molar-refractivity contribution in [3.05, 3.63) is 42.2 Å². The molecule has 1 aliphatic rings. The van der Waals surface area contributed by atoms with E-state index in [0.717, 1.165) is 24.5 Å². The molecule has 1 aliphatic heterocycles. The minimum absolute atomic E-state index is 0.640. The van der Waals surface area contributed by atoms with Crippen LogP contribution in [0.25, 0.3) is 11.4 Å². The number of aromatic amines is 1. The summed E-state index contributed by atoms with van der Waals surface area (Å²) in [4.78, 5) is 7.95. The Morgan fingerprint density at radius 3 is 2.59 bits per heavy atom. The fraction of sp³-hybridized carbons (Fsp3) is 0.357. The first-order chi connectivity index (χ1) is 8.43. The molecule has 0 saturated carbocycles. The molecule has 0 bridgehead atoms. The number of aromatic nitrogens is 2. The van der Waals surface area contributed by atoms with Crippen LogP contribution in [0.1, 0.15) is 24.5 Å². The summed E-state index contributed by atoms with van der Waals surface area (Å²) in [5.41, 5.74) is 2.44. The molecule has 0 unspecified atom stereocenters. The van der Waals surface area contributed by atoms with Gasteiger partial charge in [0, 0.05) is 23.4 Å². The van der Waals surface area contributed by atoms with Crippen LogP contribution in [0.15, 0.2) is 36.5 Å². The summed E-state index contributed by atoms with van der Waals surface area (Å²) < 4.78 is 0. The van der Waals surface area contributed by atoms with E-state index < -0.39 is 0 Å². The largest absolute Gasteiger partial charge is 0.342 e. The van der Waals surface area contributed by atoms with E-state index in [1.54, 1.807) is 0 Å². The summed E-state index contributed by atoms with van der Waals surface area (Å²) >= 11 is 0. The van der Waals surface area contributed by atoms with E-state index in [-0.39, 0.29) is 0 Å². The highest BCUT2D eigenvalue weighted by Crippen LogP contribution is 2.25. The lowest BCUT2D eigenvalue weighted by Crippen LogP contribution is -2.26. The van der Waals surface area contributed by atoms with Crippen LogP contribution >= 0.6 is 0 Å². The smallest absolute Gasteiger partial charge is 0.137 e. The van der Waals surface area contributed by atoms with Gasteiger partial charge in [0.25, 0.3) is 0 Å². The predicted octanol–water partition coefficient (Wildman–Crippen LogP) is 2.54. The predicted molar refractivity (Wildman–Crippen MR) is 68.9 cm³/mol. The highest BCUT2D eigenvalue weighted by atomic mass is 14.9. The van der Waals surface area contributed by atoms with Crippen LogP contribution in [0.5, 0.6) is 0 Å². The molecule has 0 amide bonds. The van der Waals surface area contributed by atoms with Gasteiger partial charge < -0.3 is 10.3 Å². The van der Waals surface area contributed by atoms with Crippen molar-refractivity contribution in [2.24, 2.45) is 0 Å². The van der Waals surface area contributed by atoms with Gasteiger partial charge in [0.15, 0.2) is 0 Å². The third kappa shape index (κ3) is 2.24. The molecule has 88 valence electrons. The van der Waals surface area contributed by atoms with Gasteiger partial charge in [-0.15, -0.1) is 0 Å². The van der Waals surface area contributed by atoms with Crippen molar-refractivity contribution in [3.63, 3.8) is 0 Å². The summed E-state index contributed by atoms with van der Waals surface area (Å²) in [5.74, 6) is 1.63. The normalized spacial score (nSPS) is 17.2. The Hall–Kier alpha value is -1.61. The molecule has 2 heterocycles. The highest BCUT2D eigenvalue weighted by molar-refractivity contribution is 5.54. The molecule has 0 spiro atoms. The standard InChI is InChI=1S/C14H17N3/c1-2-4-12(5-3-1)14-16-10-13(17-14)11-6-8-15-9-7-11/h1-5,10-11,15H,6-9H2,(H,16,17). The number of nitrogens with zero attached hydrogens (tertiary/aromatic N) is 1. The van der Waals surface area contributed by atoms with Crippen LogP contribution in [0.2, 0.25) is 0 Å². The van der Waals surface area contributed by atoms with Crippen molar-refractivity contribution in [1.82, 2.24) is 15.3 Å². The SMILES string of the molecule is c1ccc(-c2ncc(C3CCNCC3)[nH]2)cc1. The van der Waals surface area contributed by atoms with Crippen molar-refractivity contribution in [1.29, 1.82) is 0 Å². The molecule has 0 radical (unpaired) electrons. The van der Waals surface area contributed by atoms with E-state index in [4.69, 9.17) is 0 Å². The van der Waals surface area contributed by atoms with Gasteiger partial charge in [0.05, 0.1) is 0 Å². The van der Waals surface area contributed by atoms with E-state index in [2.05, 4.69) is 27.4 Å². The number of rotatable bonds is 2. The third-order valence-corrected chi connectivity index (χ3v) is 3.42. The van der Waals surface area contributed by atoms with Gasteiger partial charge in [0.1, 0.15) is 5.82 Å².